The molecule has 3 rings (SSSR count). The highest BCUT2D eigenvalue weighted by molar-refractivity contribution is 6.23. The zero-order valence-corrected chi connectivity index (χ0v) is 10.6. The fraction of sp³-hybridized carbons (Fsp3) is 0.118. The third-order valence-electron chi connectivity index (χ3n) is 3.28. The van der Waals surface area contributed by atoms with E-state index in [1.54, 1.807) is 54.6 Å². The minimum absolute atomic E-state index is 0. The number of ketones is 1. The summed E-state index contributed by atoms with van der Waals surface area (Å²) in [6.45, 7) is -0.226. The van der Waals surface area contributed by atoms with Crippen molar-refractivity contribution in [3.63, 3.8) is 0 Å². The Morgan fingerprint density at radius 2 is 1.29 bits per heavy atom. The van der Waals surface area contributed by atoms with Crippen LogP contribution in [0.25, 0.3) is 0 Å². The first-order valence-electron chi connectivity index (χ1n) is 6.22. The quantitative estimate of drug-likeness (QED) is 0.642. The Morgan fingerprint density at radius 1 is 0.810 bits per heavy atom. The Labute approximate surface area is 123 Å². The van der Waals surface area contributed by atoms with E-state index in [1.807, 2.05) is 0 Å². The average Bonchev–Trinajstić information content (AvgIpc) is 2.74. The Kier molecular flexibility index (Phi) is 3.98. The lowest BCUT2D eigenvalue weighted by Gasteiger charge is -2.12. The van der Waals surface area contributed by atoms with Crippen LogP contribution in [0.5, 0.6) is 0 Å². The summed E-state index contributed by atoms with van der Waals surface area (Å²) in [5, 5.41) is 0. The molecule has 2 amide bonds. The van der Waals surface area contributed by atoms with Gasteiger partial charge in [-0.15, -0.1) is 0 Å². The smallest absolute Gasteiger partial charge is 0.261 e. The van der Waals surface area contributed by atoms with Gasteiger partial charge in [0, 0.05) is 5.56 Å². The lowest BCUT2D eigenvalue weighted by molar-refractivity contribution is 0.0624. The van der Waals surface area contributed by atoms with Crippen molar-refractivity contribution >= 4 is 17.6 Å². The topological polar surface area (TPSA) is 54.5 Å². The van der Waals surface area contributed by atoms with Crippen molar-refractivity contribution in [2.24, 2.45) is 0 Å². The van der Waals surface area contributed by atoms with Gasteiger partial charge in [-0.25, -0.2) is 0 Å². The highest BCUT2D eigenvalue weighted by atomic mass is 16.2. The van der Waals surface area contributed by atoms with Gasteiger partial charge in [0.15, 0.2) is 5.78 Å². The maximum Gasteiger partial charge on any atom is 0.261 e. The summed E-state index contributed by atoms with van der Waals surface area (Å²) >= 11 is 0. The molecule has 0 aromatic heterocycles. The van der Waals surface area contributed by atoms with Crippen molar-refractivity contribution in [3.8, 4) is 0 Å². The Bertz CT molecular complexity index is 672. The molecule has 1 heterocycles. The summed E-state index contributed by atoms with van der Waals surface area (Å²) in [4.78, 5) is 37.4. The molecule has 1 aliphatic rings. The molecule has 21 heavy (non-hydrogen) atoms. The monoisotopic (exact) mass is 281 g/mol. The molecule has 4 heteroatoms. The van der Waals surface area contributed by atoms with Crippen LogP contribution in [0, 0.1) is 0 Å². The lowest BCUT2D eigenvalue weighted by Crippen LogP contribution is -2.34. The number of fused-ring (bicyclic) bond motifs is 1. The number of rotatable bonds is 3. The van der Waals surface area contributed by atoms with Crippen LogP contribution in [-0.2, 0) is 0 Å². The van der Waals surface area contributed by atoms with Crippen molar-refractivity contribution in [3.05, 3.63) is 71.3 Å². The van der Waals surface area contributed by atoms with Crippen LogP contribution in [0.15, 0.2) is 54.6 Å². The summed E-state index contributed by atoms with van der Waals surface area (Å²) in [5.74, 6) is -1.06. The molecule has 0 fully saturated rings. The normalized spacial score (nSPS) is 12.9. The largest absolute Gasteiger partial charge is 0.292 e. The first kappa shape index (κ1) is 14.7. The fourth-order valence-corrected chi connectivity index (χ4v) is 2.24. The van der Waals surface area contributed by atoms with Crippen LogP contribution in [0.2, 0.25) is 0 Å². The Balaban J connectivity index is 0.00000161. The van der Waals surface area contributed by atoms with Crippen LogP contribution in [-0.4, -0.2) is 29.0 Å². The molecule has 1 aliphatic heterocycles. The van der Waals surface area contributed by atoms with Gasteiger partial charge in [-0.05, 0) is 12.1 Å². The third-order valence-corrected chi connectivity index (χ3v) is 3.28. The van der Waals surface area contributed by atoms with E-state index in [9.17, 15) is 14.4 Å². The number of hydrogen-bond donors (Lipinski definition) is 0. The van der Waals surface area contributed by atoms with Gasteiger partial charge in [-0.1, -0.05) is 49.9 Å². The first-order chi connectivity index (χ1) is 9.68. The molecule has 106 valence electrons. The average molecular weight is 281 g/mol. The van der Waals surface area contributed by atoms with Gasteiger partial charge in [0.05, 0.1) is 17.7 Å². The molecule has 0 aliphatic carbocycles. The van der Waals surface area contributed by atoms with E-state index in [0.29, 0.717) is 16.7 Å². The van der Waals surface area contributed by atoms with Crippen molar-refractivity contribution in [1.82, 2.24) is 4.90 Å². The first-order valence-corrected chi connectivity index (χ1v) is 6.22. The number of imide groups is 1. The molecule has 2 aromatic carbocycles. The zero-order valence-electron chi connectivity index (χ0n) is 10.6. The number of nitrogens with zero attached hydrogens (tertiary/aromatic N) is 1. The summed E-state index contributed by atoms with van der Waals surface area (Å²) < 4.78 is 0. The van der Waals surface area contributed by atoms with Crippen LogP contribution in [0.4, 0.5) is 0 Å². The Morgan fingerprint density at radius 3 is 1.81 bits per heavy atom. The maximum absolute atomic E-state index is 12.1. The number of Topliss-reactive ketones (excluding diaryl/α,β-unsaturated/α-hetero) is 1. The second-order valence-corrected chi connectivity index (χ2v) is 4.53. The predicted molar refractivity (Wildman–Crippen MR) is 79.3 cm³/mol. The standard InChI is InChI=1S/C16H11NO3.CH4/c18-14(11-6-2-1-3-7-11)10-17-15(19)12-8-4-5-9-13(12)16(17)20;/h1-9H,10H2;1H4. The fourth-order valence-electron chi connectivity index (χ4n) is 2.24. The SMILES string of the molecule is C.O=C(CN1C(=O)c2ccccc2C1=O)c1ccccc1. The molecule has 0 N–H and O–H groups in total. The molecule has 0 atom stereocenters. The van der Waals surface area contributed by atoms with E-state index < -0.39 is 11.8 Å². The van der Waals surface area contributed by atoms with Crippen LogP contribution < -0.4 is 0 Å². The number of carbonyl (C=O) groups excluding carboxylic acids is 3. The molecule has 0 bridgehead atoms. The van der Waals surface area contributed by atoms with Gasteiger partial charge in [-0.2, -0.15) is 0 Å². The highest BCUT2D eigenvalue weighted by Gasteiger charge is 2.36. The minimum Gasteiger partial charge on any atom is -0.292 e. The van der Waals surface area contributed by atoms with Crippen LogP contribution in [0.3, 0.4) is 0 Å². The van der Waals surface area contributed by atoms with Gasteiger partial charge in [-0.3, -0.25) is 19.3 Å². The molecule has 0 radical (unpaired) electrons. The second kappa shape index (κ2) is 5.71. The summed E-state index contributed by atoms with van der Waals surface area (Å²) in [7, 11) is 0. The summed E-state index contributed by atoms with van der Waals surface area (Å²) in [5.41, 5.74) is 1.21. The third kappa shape index (κ3) is 2.48. The Hall–Kier alpha value is -2.75. The lowest BCUT2D eigenvalue weighted by atomic mass is 10.1. The van der Waals surface area contributed by atoms with E-state index in [-0.39, 0.29) is 19.8 Å². The van der Waals surface area contributed by atoms with Crippen molar-refractivity contribution < 1.29 is 14.4 Å². The predicted octanol–water partition coefficient (Wildman–Crippen LogP) is 2.80. The minimum atomic E-state index is -0.408. The van der Waals surface area contributed by atoms with Crippen LogP contribution >= 0.6 is 0 Å². The second-order valence-electron chi connectivity index (χ2n) is 4.53. The number of carbonyl (C=O) groups is 3. The van der Waals surface area contributed by atoms with Crippen molar-refractivity contribution in [2.75, 3.05) is 6.54 Å². The van der Waals surface area contributed by atoms with E-state index >= 15 is 0 Å². The van der Waals surface area contributed by atoms with Crippen molar-refractivity contribution in [2.45, 2.75) is 7.43 Å². The molecule has 0 saturated carbocycles. The maximum atomic E-state index is 12.1. The summed E-state index contributed by atoms with van der Waals surface area (Å²) in [6.07, 6.45) is 0. The van der Waals surface area contributed by atoms with Gasteiger partial charge in [0.25, 0.3) is 11.8 Å². The number of hydrogen-bond acceptors (Lipinski definition) is 3. The molecule has 4 nitrogen and oxygen atoms in total. The number of benzene rings is 2. The van der Waals surface area contributed by atoms with Crippen molar-refractivity contribution in [1.29, 1.82) is 0 Å². The highest BCUT2D eigenvalue weighted by Crippen LogP contribution is 2.22. The summed E-state index contributed by atoms with van der Waals surface area (Å²) in [6, 6.07) is 15.2. The van der Waals surface area contributed by atoms with E-state index in [2.05, 4.69) is 0 Å². The molecular weight excluding hydrogens is 266 g/mol. The molecule has 0 spiro atoms. The van der Waals surface area contributed by atoms with Gasteiger partial charge >= 0.3 is 0 Å². The van der Waals surface area contributed by atoms with E-state index in [1.165, 1.54) is 0 Å². The van der Waals surface area contributed by atoms with Crippen LogP contribution in [0.1, 0.15) is 38.5 Å². The van der Waals surface area contributed by atoms with Gasteiger partial charge in [0.2, 0.25) is 0 Å². The molecular formula is C17H15NO3. The molecule has 2 aromatic rings. The molecule has 0 unspecified atom stereocenters. The van der Waals surface area contributed by atoms with E-state index in [4.69, 9.17) is 0 Å². The van der Waals surface area contributed by atoms with Gasteiger partial charge < -0.3 is 0 Å². The number of amides is 2. The van der Waals surface area contributed by atoms with Gasteiger partial charge in [0.1, 0.15) is 0 Å². The van der Waals surface area contributed by atoms with E-state index in [0.717, 1.165) is 4.90 Å². The molecule has 0 saturated heterocycles. The zero-order chi connectivity index (χ0) is 14.1.